The summed E-state index contributed by atoms with van der Waals surface area (Å²) in [7, 11) is 0. The maximum absolute atomic E-state index is 13.0. The molecule has 0 spiro atoms. The summed E-state index contributed by atoms with van der Waals surface area (Å²) in [6, 6.07) is 12.2. The van der Waals surface area contributed by atoms with E-state index in [0.717, 1.165) is 16.7 Å². The summed E-state index contributed by atoms with van der Waals surface area (Å²) in [5, 5.41) is 8.92. The highest BCUT2D eigenvalue weighted by atomic mass is 32.2. The van der Waals surface area contributed by atoms with Crippen LogP contribution in [-0.2, 0) is 11.3 Å². The zero-order valence-electron chi connectivity index (χ0n) is 14.1. The number of amidine groups is 1. The minimum Gasteiger partial charge on any atom is -0.285 e. The van der Waals surface area contributed by atoms with Gasteiger partial charge in [-0.2, -0.15) is 5.10 Å². The Kier molecular flexibility index (Phi) is 5.28. The van der Waals surface area contributed by atoms with Gasteiger partial charge < -0.3 is 0 Å². The van der Waals surface area contributed by atoms with Crippen LogP contribution in [0.25, 0.3) is 0 Å². The number of halogens is 1. The molecular weight excluding hydrogens is 337 g/mol. The van der Waals surface area contributed by atoms with Crippen LogP contribution in [0.5, 0.6) is 0 Å². The highest BCUT2D eigenvalue weighted by Gasteiger charge is 2.28. The van der Waals surface area contributed by atoms with Gasteiger partial charge in [-0.1, -0.05) is 47.7 Å². The Morgan fingerprint density at radius 2 is 1.96 bits per heavy atom. The molecule has 25 heavy (non-hydrogen) atoms. The van der Waals surface area contributed by atoms with Gasteiger partial charge in [0.05, 0.1) is 18.5 Å². The van der Waals surface area contributed by atoms with Crippen molar-refractivity contribution in [2.75, 3.05) is 5.75 Å². The average Bonchev–Trinajstić information content (AvgIpc) is 2.92. The van der Waals surface area contributed by atoms with Crippen molar-refractivity contribution in [2.45, 2.75) is 20.4 Å². The summed E-state index contributed by atoms with van der Waals surface area (Å²) < 4.78 is 13.0. The first-order valence-electron chi connectivity index (χ1n) is 7.89. The number of carbonyl (C=O) groups is 1. The van der Waals surface area contributed by atoms with Crippen molar-refractivity contribution in [3.05, 3.63) is 70.5 Å². The molecule has 0 aliphatic carbocycles. The number of hydrogen-bond donors (Lipinski definition) is 0. The maximum Gasteiger partial charge on any atom is 0.239 e. The van der Waals surface area contributed by atoms with Gasteiger partial charge in [0.15, 0.2) is 5.17 Å². The third kappa shape index (κ3) is 4.33. The second kappa shape index (κ2) is 7.61. The number of benzene rings is 2. The lowest BCUT2D eigenvalue weighted by atomic mass is 10.1. The van der Waals surface area contributed by atoms with Gasteiger partial charge in [-0.25, -0.2) is 4.39 Å². The summed E-state index contributed by atoms with van der Waals surface area (Å²) in [5.41, 5.74) is 4.17. The van der Waals surface area contributed by atoms with E-state index in [2.05, 4.69) is 16.3 Å². The van der Waals surface area contributed by atoms with Crippen LogP contribution in [0.15, 0.2) is 52.7 Å². The molecule has 1 saturated heterocycles. The molecular formula is C19H18FN3OS. The fourth-order valence-corrected chi connectivity index (χ4v) is 3.35. The fourth-order valence-electron chi connectivity index (χ4n) is 2.51. The van der Waals surface area contributed by atoms with E-state index in [1.807, 2.05) is 26.0 Å². The van der Waals surface area contributed by atoms with E-state index in [0.29, 0.717) is 17.5 Å². The molecule has 0 radical (unpaired) electrons. The molecule has 4 nitrogen and oxygen atoms in total. The van der Waals surface area contributed by atoms with Gasteiger partial charge in [-0.3, -0.25) is 9.69 Å². The summed E-state index contributed by atoms with van der Waals surface area (Å²) in [5.74, 6) is 0.0340. The van der Waals surface area contributed by atoms with Crippen molar-refractivity contribution in [2.24, 2.45) is 10.2 Å². The van der Waals surface area contributed by atoms with Gasteiger partial charge in [-0.05, 0) is 42.7 Å². The molecule has 1 aliphatic heterocycles. The number of amides is 1. The number of aryl methyl sites for hydroxylation is 2. The van der Waals surface area contributed by atoms with Crippen LogP contribution < -0.4 is 0 Å². The SMILES string of the molecule is Cc1ccc(/C=N/N=C2/SCC(=O)N2Cc2ccc(F)cc2)c(C)c1. The van der Waals surface area contributed by atoms with Crippen LogP contribution in [0.4, 0.5) is 4.39 Å². The van der Waals surface area contributed by atoms with Crippen molar-refractivity contribution < 1.29 is 9.18 Å². The van der Waals surface area contributed by atoms with E-state index in [1.165, 1.54) is 29.5 Å². The van der Waals surface area contributed by atoms with Gasteiger partial charge in [0, 0.05) is 0 Å². The number of rotatable bonds is 4. The van der Waals surface area contributed by atoms with E-state index in [1.54, 1.807) is 23.2 Å². The minimum absolute atomic E-state index is 0.0187. The topological polar surface area (TPSA) is 45.0 Å². The largest absolute Gasteiger partial charge is 0.285 e. The standard InChI is InChI=1S/C19H18FN3OS/c1-13-3-6-16(14(2)9-13)10-21-22-19-23(18(24)12-25-19)11-15-4-7-17(20)8-5-15/h3-10H,11-12H2,1-2H3/b21-10+,22-19+. The van der Waals surface area contributed by atoms with Crippen molar-refractivity contribution in [1.29, 1.82) is 0 Å². The second-order valence-electron chi connectivity index (χ2n) is 5.88. The van der Waals surface area contributed by atoms with E-state index < -0.39 is 0 Å². The molecule has 0 N–H and O–H groups in total. The molecule has 3 rings (SSSR count). The van der Waals surface area contributed by atoms with E-state index in [-0.39, 0.29) is 11.7 Å². The first kappa shape index (κ1) is 17.4. The van der Waals surface area contributed by atoms with Crippen LogP contribution in [0.1, 0.15) is 22.3 Å². The van der Waals surface area contributed by atoms with Gasteiger partial charge >= 0.3 is 0 Å². The van der Waals surface area contributed by atoms with Crippen molar-refractivity contribution >= 4 is 29.1 Å². The number of carbonyl (C=O) groups excluding carboxylic acids is 1. The van der Waals surface area contributed by atoms with E-state index in [4.69, 9.17) is 0 Å². The monoisotopic (exact) mass is 355 g/mol. The Morgan fingerprint density at radius 1 is 1.20 bits per heavy atom. The molecule has 0 aromatic heterocycles. The molecule has 0 bridgehead atoms. The second-order valence-corrected chi connectivity index (χ2v) is 6.82. The molecule has 1 heterocycles. The van der Waals surface area contributed by atoms with Crippen LogP contribution in [0.2, 0.25) is 0 Å². The Morgan fingerprint density at radius 3 is 2.68 bits per heavy atom. The van der Waals surface area contributed by atoms with Crippen molar-refractivity contribution in [3.63, 3.8) is 0 Å². The zero-order valence-corrected chi connectivity index (χ0v) is 14.9. The van der Waals surface area contributed by atoms with Gasteiger partial charge in [-0.15, -0.1) is 5.10 Å². The molecule has 1 aliphatic rings. The summed E-state index contributed by atoms with van der Waals surface area (Å²) >= 11 is 1.36. The highest BCUT2D eigenvalue weighted by molar-refractivity contribution is 8.15. The maximum atomic E-state index is 13.0. The molecule has 1 amide bonds. The summed E-state index contributed by atoms with van der Waals surface area (Å²) in [6.45, 7) is 4.43. The lowest BCUT2D eigenvalue weighted by Crippen LogP contribution is -2.28. The first-order valence-corrected chi connectivity index (χ1v) is 8.87. The molecule has 6 heteroatoms. The van der Waals surface area contributed by atoms with Crippen LogP contribution in [0.3, 0.4) is 0 Å². The molecule has 0 unspecified atom stereocenters. The Labute approximate surface area is 150 Å². The highest BCUT2D eigenvalue weighted by Crippen LogP contribution is 2.22. The third-order valence-electron chi connectivity index (χ3n) is 3.88. The molecule has 128 valence electrons. The van der Waals surface area contributed by atoms with Gasteiger partial charge in [0.1, 0.15) is 5.82 Å². The first-order chi connectivity index (χ1) is 12.0. The van der Waals surface area contributed by atoms with Crippen molar-refractivity contribution in [1.82, 2.24) is 4.90 Å². The third-order valence-corrected chi connectivity index (χ3v) is 4.83. The normalized spacial score (nSPS) is 16.4. The summed E-state index contributed by atoms with van der Waals surface area (Å²) in [4.78, 5) is 13.7. The van der Waals surface area contributed by atoms with E-state index in [9.17, 15) is 9.18 Å². The molecule has 2 aromatic carbocycles. The lowest BCUT2D eigenvalue weighted by molar-refractivity contribution is -0.124. The van der Waals surface area contributed by atoms with Gasteiger partial charge in [0.2, 0.25) is 5.91 Å². The zero-order chi connectivity index (χ0) is 17.8. The number of thioether (sulfide) groups is 1. The summed E-state index contributed by atoms with van der Waals surface area (Å²) in [6.07, 6.45) is 1.70. The van der Waals surface area contributed by atoms with E-state index >= 15 is 0 Å². The minimum atomic E-state index is -0.294. The van der Waals surface area contributed by atoms with Crippen molar-refractivity contribution in [3.8, 4) is 0 Å². The quantitative estimate of drug-likeness (QED) is 0.617. The smallest absolute Gasteiger partial charge is 0.239 e. The molecule has 2 aromatic rings. The van der Waals surface area contributed by atoms with Gasteiger partial charge in [0.25, 0.3) is 0 Å². The van der Waals surface area contributed by atoms with Crippen LogP contribution in [0, 0.1) is 19.7 Å². The molecule has 0 atom stereocenters. The van der Waals surface area contributed by atoms with Crippen LogP contribution in [-0.4, -0.2) is 27.9 Å². The number of nitrogens with zero attached hydrogens (tertiary/aromatic N) is 3. The lowest BCUT2D eigenvalue weighted by Gasteiger charge is -2.15. The Hall–Kier alpha value is -2.47. The average molecular weight is 355 g/mol. The Bertz CT molecular complexity index is 846. The molecule has 0 saturated carbocycles. The number of hydrogen-bond acceptors (Lipinski definition) is 4. The molecule has 1 fully saturated rings. The predicted molar refractivity (Wildman–Crippen MR) is 100 cm³/mol. The Balaban J connectivity index is 1.75. The fraction of sp³-hybridized carbons (Fsp3) is 0.211. The van der Waals surface area contributed by atoms with Crippen LogP contribution >= 0.6 is 11.8 Å². The predicted octanol–water partition coefficient (Wildman–Crippen LogP) is 3.91.